The lowest BCUT2D eigenvalue weighted by Crippen LogP contribution is -2.38. The number of hydrogen-bond acceptors (Lipinski definition) is 5. The standard InChI is InChI=1S/C22H22FN3O4/c1-15(30-19-9-7-18(29-2)8-10-19)22(28)24-11-12-26-14-25-20(13-21(26)27)16-3-5-17(23)6-4-16/h3-10,13-15H,11-12H2,1-2H3,(H,24,28). The molecule has 8 heteroatoms. The predicted octanol–water partition coefficient (Wildman–Crippen LogP) is 2.64. The van der Waals surface area contributed by atoms with Crippen LogP contribution >= 0.6 is 0 Å². The van der Waals surface area contributed by atoms with Crippen LogP contribution in [0.1, 0.15) is 6.92 Å². The van der Waals surface area contributed by atoms with Crippen molar-refractivity contribution in [2.24, 2.45) is 0 Å². The van der Waals surface area contributed by atoms with Crippen molar-refractivity contribution in [3.05, 3.63) is 77.1 Å². The number of halogens is 1. The zero-order chi connectivity index (χ0) is 21.5. The van der Waals surface area contributed by atoms with E-state index in [1.807, 2.05) is 0 Å². The number of carbonyl (C=O) groups is 1. The average molecular weight is 411 g/mol. The van der Waals surface area contributed by atoms with E-state index in [1.165, 1.54) is 29.1 Å². The van der Waals surface area contributed by atoms with Crippen molar-refractivity contribution in [3.8, 4) is 22.8 Å². The van der Waals surface area contributed by atoms with Gasteiger partial charge < -0.3 is 14.8 Å². The zero-order valence-electron chi connectivity index (χ0n) is 16.7. The maximum atomic E-state index is 13.0. The van der Waals surface area contributed by atoms with Crippen LogP contribution in [0.2, 0.25) is 0 Å². The Morgan fingerprint density at radius 1 is 1.13 bits per heavy atom. The van der Waals surface area contributed by atoms with Crippen LogP contribution in [-0.2, 0) is 11.3 Å². The minimum Gasteiger partial charge on any atom is -0.497 e. The van der Waals surface area contributed by atoms with Gasteiger partial charge in [0.05, 0.1) is 19.1 Å². The van der Waals surface area contributed by atoms with Gasteiger partial charge in [-0.3, -0.25) is 14.2 Å². The van der Waals surface area contributed by atoms with E-state index >= 15 is 0 Å². The summed E-state index contributed by atoms with van der Waals surface area (Å²) in [6.45, 7) is 2.15. The summed E-state index contributed by atoms with van der Waals surface area (Å²) in [6.07, 6.45) is 0.707. The van der Waals surface area contributed by atoms with Crippen LogP contribution in [0.5, 0.6) is 11.5 Å². The molecule has 0 bridgehead atoms. The van der Waals surface area contributed by atoms with Gasteiger partial charge in [0.25, 0.3) is 11.5 Å². The van der Waals surface area contributed by atoms with Crippen LogP contribution in [0.3, 0.4) is 0 Å². The molecule has 156 valence electrons. The summed E-state index contributed by atoms with van der Waals surface area (Å²) in [5, 5.41) is 2.74. The van der Waals surface area contributed by atoms with Crippen LogP contribution in [0.4, 0.5) is 4.39 Å². The molecule has 0 radical (unpaired) electrons. The van der Waals surface area contributed by atoms with E-state index < -0.39 is 6.10 Å². The molecule has 1 aromatic heterocycles. The number of amides is 1. The molecule has 2 aromatic carbocycles. The van der Waals surface area contributed by atoms with Crippen molar-refractivity contribution < 1.29 is 18.7 Å². The minimum atomic E-state index is -0.700. The van der Waals surface area contributed by atoms with Gasteiger partial charge in [-0.2, -0.15) is 0 Å². The Bertz CT molecular complexity index is 1050. The molecule has 1 heterocycles. The summed E-state index contributed by atoms with van der Waals surface area (Å²) in [7, 11) is 1.57. The van der Waals surface area contributed by atoms with Crippen LogP contribution < -0.4 is 20.3 Å². The zero-order valence-corrected chi connectivity index (χ0v) is 16.7. The Labute approximate surface area is 173 Å². The molecule has 0 spiro atoms. The fraction of sp³-hybridized carbons (Fsp3) is 0.227. The highest BCUT2D eigenvalue weighted by Crippen LogP contribution is 2.18. The quantitative estimate of drug-likeness (QED) is 0.616. The lowest BCUT2D eigenvalue weighted by Gasteiger charge is -2.15. The van der Waals surface area contributed by atoms with Crippen LogP contribution in [0, 0.1) is 5.82 Å². The number of nitrogens with one attached hydrogen (secondary N) is 1. The number of carbonyl (C=O) groups excluding carboxylic acids is 1. The fourth-order valence-corrected chi connectivity index (χ4v) is 2.73. The van der Waals surface area contributed by atoms with E-state index in [-0.39, 0.29) is 30.4 Å². The number of aromatic nitrogens is 2. The van der Waals surface area contributed by atoms with E-state index in [1.54, 1.807) is 50.4 Å². The highest BCUT2D eigenvalue weighted by Gasteiger charge is 2.14. The Hall–Kier alpha value is -3.68. The van der Waals surface area contributed by atoms with Gasteiger partial charge in [-0.15, -0.1) is 0 Å². The highest BCUT2D eigenvalue weighted by atomic mass is 19.1. The first-order valence-corrected chi connectivity index (χ1v) is 9.37. The maximum absolute atomic E-state index is 13.0. The van der Waals surface area contributed by atoms with Crippen LogP contribution in [-0.4, -0.2) is 35.2 Å². The smallest absolute Gasteiger partial charge is 0.260 e. The maximum Gasteiger partial charge on any atom is 0.260 e. The molecule has 3 rings (SSSR count). The van der Waals surface area contributed by atoms with Crippen LogP contribution in [0.15, 0.2) is 65.7 Å². The highest BCUT2D eigenvalue weighted by molar-refractivity contribution is 5.80. The molecule has 0 saturated heterocycles. The monoisotopic (exact) mass is 411 g/mol. The number of nitrogens with zero attached hydrogens (tertiary/aromatic N) is 2. The van der Waals surface area contributed by atoms with Gasteiger partial charge in [0.15, 0.2) is 6.10 Å². The first-order valence-electron chi connectivity index (χ1n) is 9.37. The first kappa shape index (κ1) is 21.0. The van der Waals surface area contributed by atoms with E-state index in [0.717, 1.165) is 0 Å². The summed E-state index contributed by atoms with van der Waals surface area (Å²) >= 11 is 0. The third kappa shape index (κ3) is 5.44. The molecule has 1 N–H and O–H groups in total. The summed E-state index contributed by atoms with van der Waals surface area (Å²) < 4.78 is 25.1. The third-order valence-electron chi connectivity index (χ3n) is 4.41. The normalized spacial score (nSPS) is 11.6. The molecule has 3 aromatic rings. The second-order valence-corrected chi connectivity index (χ2v) is 6.54. The second kappa shape index (κ2) is 9.69. The fourth-order valence-electron chi connectivity index (χ4n) is 2.73. The lowest BCUT2D eigenvalue weighted by molar-refractivity contribution is -0.127. The Morgan fingerprint density at radius 2 is 1.80 bits per heavy atom. The Kier molecular flexibility index (Phi) is 6.79. The van der Waals surface area contributed by atoms with Gasteiger partial charge >= 0.3 is 0 Å². The molecule has 30 heavy (non-hydrogen) atoms. The number of hydrogen-bond donors (Lipinski definition) is 1. The van der Waals surface area contributed by atoms with Gasteiger partial charge in [-0.05, 0) is 55.5 Å². The van der Waals surface area contributed by atoms with Crippen molar-refractivity contribution >= 4 is 5.91 Å². The van der Waals surface area contributed by atoms with E-state index in [4.69, 9.17) is 9.47 Å². The number of methoxy groups -OCH3 is 1. The van der Waals surface area contributed by atoms with E-state index in [0.29, 0.717) is 22.8 Å². The Balaban J connectivity index is 1.51. The second-order valence-electron chi connectivity index (χ2n) is 6.54. The van der Waals surface area contributed by atoms with Crippen LogP contribution in [0.25, 0.3) is 11.3 Å². The molecule has 1 atom stereocenters. The predicted molar refractivity (Wildman–Crippen MR) is 110 cm³/mol. The van der Waals surface area contributed by atoms with Gasteiger partial charge in [-0.25, -0.2) is 9.37 Å². The largest absolute Gasteiger partial charge is 0.497 e. The van der Waals surface area contributed by atoms with Gasteiger partial charge in [0, 0.05) is 24.7 Å². The minimum absolute atomic E-state index is 0.243. The SMILES string of the molecule is COc1ccc(OC(C)C(=O)NCCn2cnc(-c3ccc(F)cc3)cc2=O)cc1. The van der Waals surface area contributed by atoms with E-state index in [9.17, 15) is 14.0 Å². The van der Waals surface area contributed by atoms with Crippen molar-refractivity contribution in [3.63, 3.8) is 0 Å². The molecule has 0 aliphatic rings. The molecular formula is C22H22FN3O4. The lowest BCUT2D eigenvalue weighted by atomic mass is 10.1. The molecule has 1 amide bonds. The van der Waals surface area contributed by atoms with Gasteiger partial charge in [0.1, 0.15) is 17.3 Å². The number of benzene rings is 2. The van der Waals surface area contributed by atoms with Crippen molar-refractivity contribution in [1.82, 2.24) is 14.9 Å². The molecule has 1 unspecified atom stereocenters. The van der Waals surface area contributed by atoms with Crippen molar-refractivity contribution in [1.29, 1.82) is 0 Å². The number of rotatable bonds is 8. The Morgan fingerprint density at radius 3 is 2.43 bits per heavy atom. The van der Waals surface area contributed by atoms with Gasteiger partial charge in [-0.1, -0.05) is 0 Å². The third-order valence-corrected chi connectivity index (χ3v) is 4.41. The topological polar surface area (TPSA) is 82.4 Å². The molecule has 7 nitrogen and oxygen atoms in total. The summed E-state index contributed by atoms with van der Waals surface area (Å²) in [5.74, 6) is 0.599. The summed E-state index contributed by atoms with van der Waals surface area (Å²) in [5.41, 5.74) is 0.848. The molecule has 0 saturated carbocycles. The van der Waals surface area contributed by atoms with Crippen molar-refractivity contribution in [2.45, 2.75) is 19.6 Å². The molecule has 0 fully saturated rings. The average Bonchev–Trinajstić information content (AvgIpc) is 2.75. The van der Waals surface area contributed by atoms with Gasteiger partial charge in [0.2, 0.25) is 0 Å². The first-order chi connectivity index (χ1) is 14.5. The molecule has 0 aliphatic heterocycles. The summed E-state index contributed by atoms with van der Waals surface area (Å²) in [6, 6.07) is 14.1. The number of ether oxygens (including phenoxy) is 2. The molecular weight excluding hydrogens is 389 g/mol. The molecule has 0 aliphatic carbocycles. The van der Waals surface area contributed by atoms with E-state index in [2.05, 4.69) is 10.3 Å². The summed E-state index contributed by atoms with van der Waals surface area (Å²) in [4.78, 5) is 28.7. The van der Waals surface area contributed by atoms with Crippen molar-refractivity contribution in [2.75, 3.05) is 13.7 Å².